The van der Waals surface area contributed by atoms with E-state index in [1.807, 2.05) is 0 Å². The molecule has 2 heteroatoms. The van der Waals surface area contributed by atoms with Gasteiger partial charge in [-0.1, -0.05) is 91.0 Å². The van der Waals surface area contributed by atoms with Crippen molar-refractivity contribution in [2.24, 2.45) is 5.41 Å². The molecule has 0 aliphatic heterocycles. The Bertz CT molecular complexity index is 762. The Labute approximate surface area is 213 Å². The number of hydrogen-bond donors (Lipinski definition) is 0. The van der Waals surface area contributed by atoms with E-state index in [4.69, 9.17) is 9.95 Å². The molecule has 0 fully saturated rings. The second-order valence-electron chi connectivity index (χ2n) is 9.56. The summed E-state index contributed by atoms with van der Waals surface area (Å²) in [6.07, 6.45) is 14.2. The fourth-order valence-corrected chi connectivity index (χ4v) is 6.44. The standard InChI is InChI=1S/C31H39AsCl/c33-32-24-16-5-3-1-2-4-15-23-31(25-28-17-9-6-10-18-28,26-29-19-11-7-12-20-29)27-30-21-13-8-14-22-30/h6-14,17-22H,1-5,15-16,23-27H2. The Kier molecular flexibility index (Phi) is 12.2. The molecular formula is C31H39AsCl. The van der Waals surface area contributed by atoms with Crippen molar-refractivity contribution >= 4 is 24.8 Å². The Morgan fingerprint density at radius 3 is 1.24 bits per heavy atom. The number of benzene rings is 3. The molecular weight excluding hydrogens is 483 g/mol. The van der Waals surface area contributed by atoms with Crippen molar-refractivity contribution in [2.75, 3.05) is 0 Å². The van der Waals surface area contributed by atoms with Gasteiger partial charge in [-0.25, -0.2) is 0 Å². The molecule has 0 nitrogen and oxygen atoms in total. The Morgan fingerprint density at radius 2 is 0.848 bits per heavy atom. The first kappa shape index (κ1) is 26.1. The third-order valence-electron chi connectivity index (χ3n) is 6.72. The quantitative estimate of drug-likeness (QED) is 0.130. The van der Waals surface area contributed by atoms with Crippen LogP contribution in [0.15, 0.2) is 91.0 Å². The van der Waals surface area contributed by atoms with Gasteiger partial charge in [-0.05, 0) is 0 Å². The predicted molar refractivity (Wildman–Crippen MR) is 146 cm³/mol. The van der Waals surface area contributed by atoms with Gasteiger partial charge in [0.1, 0.15) is 0 Å². The van der Waals surface area contributed by atoms with Gasteiger partial charge in [0.15, 0.2) is 0 Å². The first-order chi connectivity index (χ1) is 16.3. The minimum atomic E-state index is 0.0935. The summed E-state index contributed by atoms with van der Waals surface area (Å²) in [7, 11) is 5.89. The van der Waals surface area contributed by atoms with Crippen molar-refractivity contribution in [3.8, 4) is 0 Å². The number of unbranched alkanes of at least 4 members (excludes halogenated alkanes) is 6. The van der Waals surface area contributed by atoms with E-state index >= 15 is 0 Å². The Morgan fingerprint density at radius 1 is 0.485 bits per heavy atom. The molecule has 0 aliphatic rings. The molecule has 0 saturated carbocycles. The van der Waals surface area contributed by atoms with Crippen molar-refractivity contribution in [1.82, 2.24) is 0 Å². The molecule has 1 radical (unpaired) electrons. The first-order valence-corrected chi connectivity index (χ1v) is 16.5. The van der Waals surface area contributed by atoms with Crippen molar-refractivity contribution in [2.45, 2.75) is 75.8 Å². The molecule has 0 amide bonds. The van der Waals surface area contributed by atoms with Crippen LogP contribution in [0.3, 0.4) is 0 Å². The van der Waals surface area contributed by atoms with Crippen molar-refractivity contribution in [3.63, 3.8) is 0 Å². The van der Waals surface area contributed by atoms with Gasteiger partial charge in [0, 0.05) is 0 Å². The predicted octanol–water partition coefficient (Wildman–Crippen LogP) is 9.10. The van der Waals surface area contributed by atoms with E-state index in [0.717, 1.165) is 19.3 Å². The summed E-state index contributed by atoms with van der Waals surface area (Å²) in [6.45, 7) is 0. The van der Waals surface area contributed by atoms with E-state index in [2.05, 4.69) is 91.0 Å². The fourth-order valence-electron chi connectivity index (χ4n) is 5.09. The van der Waals surface area contributed by atoms with Gasteiger partial charge in [0.05, 0.1) is 0 Å². The number of rotatable bonds is 16. The zero-order valence-electron chi connectivity index (χ0n) is 20.0. The molecule has 0 aliphatic carbocycles. The van der Waals surface area contributed by atoms with Crippen LogP contribution in [-0.2, 0) is 19.3 Å². The molecule has 3 aromatic rings. The maximum atomic E-state index is 5.89. The molecule has 0 atom stereocenters. The van der Waals surface area contributed by atoms with Crippen LogP contribution < -0.4 is 0 Å². The molecule has 175 valence electrons. The van der Waals surface area contributed by atoms with Crippen LogP contribution in [0.2, 0.25) is 5.21 Å². The fraction of sp³-hybridized carbons (Fsp3) is 0.419. The maximum absolute atomic E-state index is 5.89. The summed E-state index contributed by atoms with van der Waals surface area (Å²) < 4.78 is 0. The SMILES string of the molecule is Cl[As]CCCCCCCCCC(Cc1ccccc1)(Cc1ccccc1)Cc1ccccc1. The van der Waals surface area contributed by atoms with Gasteiger partial charge < -0.3 is 0 Å². The Hall–Kier alpha value is -1.49. The summed E-state index contributed by atoms with van der Waals surface area (Å²) in [5.74, 6) is 0. The van der Waals surface area contributed by atoms with Gasteiger partial charge in [0.25, 0.3) is 0 Å². The molecule has 0 heterocycles. The third kappa shape index (κ3) is 10.1. The van der Waals surface area contributed by atoms with E-state index in [1.54, 1.807) is 0 Å². The molecule has 0 N–H and O–H groups in total. The molecule has 3 aromatic carbocycles. The van der Waals surface area contributed by atoms with Crippen LogP contribution in [0.5, 0.6) is 0 Å². The molecule has 0 spiro atoms. The van der Waals surface area contributed by atoms with Crippen LogP contribution in [0, 0.1) is 5.41 Å². The first-order valence-electron chi connectivity index (χ1n) is 12.7. The van der Waals surface area contributed by atoms with E-state index in [-0.39, 0.29) is 20.2 Å². The summed E-state index contributed by atoms with van der Waals surface area (Å²) in [5, 5.41) is 1.26. The summed E-state index contributed by atoms with van der Waals surface area (Å²) >= 11 is 0.0935. The van der Waals surface area contributed by atoms with Gasteiger partial charge >= 0.3 is 123 Å². The molecule has 0 aromatic heterocycles. The van der Waals surface area contributed by atoms with E-state index in [0.29, 0.717) is 0 Å². The summed E-state index contributed by atoms with van der Waals surface area (Å²) in [6, 6.07) is 33.4. The molecule has 0 bridgehead atoms. The monoisotopic (exact) mass is 521 g/mol. The molecule has 33 heavy (non-hydrogen) atoms. The van der Waals surface area contributed by atoms with Gasteiger partial charge in [-0.3, -0.25) is 0 Å². The van der Waals surface area contributed by atoms with Crippen LogP contribution in [-0.4, -0.2) is 14.8 Å². The average molecular weight is 522 g/mol. The Balaban J connectivity index is 1.69. The topological polar surface area (TPSA) is 0 Å². The van der Waals surface area contributed by atoms with E-state index in [9.17, 15) is 0 Å². The smallest absolute Gasteiger partial charge is 0.0622 e. The van der Waals surface area contributed by atoms with Crippen LogP contribution >= 0.6 is 9.95 Å². The van der Waals surface area contributed by atoms with Gasteiger partial charge in [-0.15, -0.1) is 0 Å². The number of hydrogen-bond acceptors (Lipinski definition) is 0. The summed E-state index contributed by atoms with van der Waals surface area (Å²) in [5.41, 5.74) is 4.64. The van der Waals surface area contributed by atoms with Crippen molar-refractivity contribution in [3.05, 3.63) is 108 Å². The van der Waals surface area contributed by atoms with Gasteiger partial charge in [-0.2, -0.15) is 0 Å². The van der Waals surface area contributed by atoms with E-state index < -0.39 is 0 Å². The van der Waals surface area contributed by atoms with Crippen LogP contribution in [0.4, 0.5) is 0 Å². The zero-order valence-corrected chi connectivity index (χ0v) is 22.6. The normalized spacial score (nSPS) is 11.9. The number of halogens is 1. The third-order valence-corrected chi connectivity index (χ3v) is 8.61. The second-order valence-corrected chi connectivity index (χ2v) is 12.2. The zero-order chi connectivity index (χ0) is 23.0. The van der Waals surface area contributed by atoms with E-state index in [1.165, 1.54) is 73.3 Å². The molecule has 0 unspecified atom stereocenters. The van der Waals surface area contributed by atoms with Crippen molar-refractivity contribution in [1.29, 1.82) is 0 Å². The van der Waals surface area contributed by atoms with Crippen LogP contribution in [0.1, 0.15) is 68.1 Å². The minimum absolute atomic E-state index is 0.0935. The van der Waals surface area contributed by atoms with Gasteiger partial charge in [0.2, 0.25) is 0 Å². The molecule has 0 saturated heterocycles. The minimum Gasteiger partial charge on any atom is -0.0622 e. The van der Waals surface area contributed by atoms with Crippen molar-refractivity contribution < 1.29 is 0 Å². The second kappa shape index (κ2) is 15.4. The average Bonchev–Trinajstić information content (AvgIpc) is 2.85. The van der Waals surface area contributed by atoms with Crippen LogP contribution in [0.25, 0.3) is 0 Å². The summed E-state index contributed by atoms with van der Waals surface area (Å²) in [4.78, 5) is 0. The molecule has 3 rings (SSSR count).